The Morgan fingerprint density at radius 2 is 0.857 bits per heavy atom. The zero-order valence-electron chi connectivity index (χ0n) is 17.7. The zero-order chi connectivity index (χ0) is 20.7. The lowest BCUT2D eigenvalue weighted by atomic mass is 9.83. The minimum absolute atomic E-state index is 0.129. The number of phenolic OH excluding ortho intramolecular Hbond substituents is 2. The van der Waals surface area contributed by atoms with Crippen molar-refractivity contribution < 1.29 is 10.2 Å². The fourth-order valence-electron chi connectivity index (χ4n) is 3.51. The van der Waals surface area contributed by atoms with E-state index in [4.69, 9.17) is 0 Å². The van der Waals surface area contributed by atoms with Gasteiger partial charge in [0, 0.05) is 0 Å². The Hall–Kier alpha value is -2.74. The largest absolute Gasteiger partial charge is 0.508 e. The number of benzene rings is 3. The summed E-state index contributed by atoms with van der Waals surface area (Å²) in [6.07, 6.45) is 0. The number of hydrogen-bond acceptors (Lipinski definition) is 2. The van der Waals surface area contributed by atoms with Gasteiger partial charge in [0.1, 0.15) is 11.5 Å². The second kappa shape index (κ2) is 7.01. The molecular weight excluding hydrogens is 344 g/mol. The summed E-state index contributed by atoms with van der Waals surface area (Å²) < 4.78 is 0. The van der Waals surface area contributed by atoms with E-state index in [9.17, 15) is 10.2 Å². The number of hydrogen-bond donors (Lipinski definition) is 2. The molecule has 146 valence electrons. The molecule has 0 aromatic heterocycles. The molecule has 0 radical (unpaired) electrons. The fraction of sp³-hybridized carbons (Fsp3) is 0.308. The minimum atomic E-state index is -0.129. The first kappa shape index (κ1) is 20.0. The van der Waals surface area contributed by atoms with Crippen LogP contribution in [0.15, 0.2) is 60.7 Å². The van der Waals surface area contributed by atoms with E-state index in [2.05, 4.69) is 77.9 Å². The molecule has 3 rings (SSSR count). The van der Waals surface area contributed by atoms with Gasteiger partial charge < -0.3 is 10.2 Å². The average Bonchev–Trinajstić information content (AvgIpc) is 2.60. The molecule has 28 heavy (non-hydrogen) atoms. The smallest absolute Gasteiger partial charge is 0.119 e. The molecule has 0 spiro atoms. The first-order valence-corrected chi connectivity index (χ1v) is 9.74. The van der Waals surface area contributed by atoms with Crippen LogP contribution in [0.5, 0.6) is 11.5 Å². The summed E-state index contributed by atoms with van der Waals surface area (Å²) in [6, 6.07) is 20.0. The normalized spacial score (nSPS) is 12.2. The molecule has 0 aliphatic heterocycles. The SMILES string of the molecule is CC(C)(C)c1cc(-c2cccc(-c3ccc(O)c(C(C)(C)C)c3)c2)ccc1O. The topological polar surface area (TPSA) is 40.5 Å². The predicted octanol–water partition coefficient (Wildman–Crippen LogP) is 7.03. The first-order chi connectivity index (χ1) is 13.0. The Kier molecular flexibility index (Phi) is 5.01. The highest BCUT2D eigenvalue weighted by Crippen LogP contribution is 2.37. The van der Waals surface area contributed by atoms with E-state index in [1.54, 1.807) is 12.1 Å². The van der Waals surface area contributed by atoms with Crippen LogP contribution in [-0.4, -0.2) is 10.2 Å². The standard InChI is InChI=1S/C26H30O2/c1-25(2,3)21-15-19(10-12-23(21)27)17-8-7-9-18(14-17)20-11-13-24(28)22(16-20)26(4,5)6/h7-16,27-28H,1-6H3. The van der Waals surface area contributed by atoms with Gasteiger partial charge in [-0.15, -0.1) is 0 Å². The molecular formula is C26H30O2. The lowest BCUT2D eigenvalue weighted by molar-refractivity contribution is 0.446. The summed E-state index contributed by atoms with van der Waals surface area (Å²) in [4.78, 5) is 0. The molecule has 0 atom stereocenters. The van der Waals surface area contributed by atoms with Crippen LogP contribution in [0.4, 0.5) is 0 Å². The highest BCUT2D eigenvalue weighted by molar-refractivity contribution is 5.75. The summed E-state index contributed by atoms with van der Waals surface area (Å²) in [5, 5.41) is 20.5. The Morgan fingerprint density at radius 1 is 0.500 bits per heavy atom. The molecule has 0 saturated carbocycles. The molecule has 2 nitrogen and oxygen atoms in total. The predicted molar refractivity (Wildman–Crippen MR) is 118 cm³/mol. The van der Waals surface area contributed by atoms with Crippen LogP contribution in [-0.2, 0) is 10.8 Å². The molecule has 3 aromatic carbocycles. The monoisotopic (exact) mass is 374 g/mol. The molecule has 0 aliphatic rings. The molecule has 3 aromatic rings. The highest BCUT2D eigenvalue weighted by Gasteiger charge is 2.20. The maximum Gasteiger partial charge on any atom is 0.119 e. The number of aromatic hydroxyl groups is 2. The van der Waals surface area contributed by atoms with Gasteiger partial charge in [-0.25, -0.2) is 0 Å². The van der Waals surface area contributed by atoms with Crippen LogP contribution in [0.25, 0.3) is 22.3 Å². The van der Waals surface area contributed by atoms with Gasteiger partial charge >= 0.3 is 0 Å². The molecule has 0 aliphatic carbocycles. The van der Waals surface area contributed by atoms with Gasteiger partial charge in [-0.1, -0.05) is 71.9 Å². The van der Waals surface area contributed by atoms with E-state index in [1.807, 2.05) is 12.1 Å². The van der Waals surface area contributed by atoms with Crippen LogP contribution >= 0.6 is 0 Å². The van der Waals surface area contributed by atoms with E-state index < -0.39 is 0 Å². The van der Waals surface area contributed by atoms with Crippen molar-refractivity contribution in [3.8, 4) is 33.8 Å². The van der Waals surface area contributed by atoms with Crippen molar-refractivity contribution in [2.75, 3.05) is 0 Å². The van der Waals surface area contributed by atoms with Crippen molar-refractivity contribution in [1.29, 1.82) is 0 Å². The third-order valence-corrected chi connectivity index (χ3v) is 5.14. The first-order valence-electron chi connectivity index (χ1n) is 9.74. The molecule has 0 bridgehead atoms. The summed E-state index contributed by atoms with van der Waals surface area (Å²) in [5.41, 5.74) is 6.00. The third-order valence-electron chi connectivity index (χ3n) is 5.14. The summed E-state index contributed by atoms with van der Waals surface area (Å²) in [7, 11) is 0. The second-order valence-corrected chi connectivity index (χ2v) is 9.54. The quantitative estimate of drug-likeness (QED) is 0.505. The van der Waals surface area contributed by atoms with Crippen molar-refractivity contribution in [2.45, 2.75) is 52.4 Å². The lowest BCUT2D eigenvalue weighted by Crippen LogP contribution is -2.11. The lowest BCUT2D eigenvalue weighted by Gasteiger charge is -2.22. The van der Waals surface area contributed by atoms with Crippen molar-refractivity contribution in [3.05, 3.63) is 71.8 Å². The molecule has 0 heterocycles. The van der Waals surface area contributed by atoms with Crippen LogP contribution in [0, 0.1) is 0 Å². The molecule has 0 unspecified atom stereocenters. The Bertz CT molecular complexity index is 923. The van der Waals surface area contributed by atoms with Crippen LogP contribution in [0.3, 0.4) is 0 Å². The zero-order valence-corrected chi connectivity index (χ0v) is 17.7. The van der Waals surface area contributed by atoms with Crippen molar-refractivity contribution in [1.82, 2.24) is 0 Å². The third kappa shape index (κ3) is 4.06. The van der Waals surface area contributed by atoms with Crippen LogP contribution in [0.2, 0.25) is 0 Å². The summed E-state index contributed by atoms with van der Waals surface area (Å²) in [6.45, 7) is 12.6. The van der Waals surface area contributed by atoms with E-state index in [1.165, 1.54) is 0 Å². The van der Waals surface area contributed by atoms with Gasteiger partial charge in [0.05, 0.1) is 0 Å². The van der Waals surface area contributed by atoms with E-state index in [0.29, 0.717) is 11.5 Å². The van der Waals surface area contributed by atoms with Gasteiger partial charge in [-0.2, -0.15) is 0 Å². The van der Waals surface area contributed by atoms with E-state index in [0.717, 1.165) is 33.4 Å². The van der Waals surface area contributed by atoms with Crippen LogP contribution < -0.4 is 0 Å². The number of rotatable bonds is 2. The number of phenols is 2. The molecule has 0 fully saturated rings. The fourth-order valence-corrected chi connectivity index (χ4v) is 3.51. The van der Waals surface area contributed by atoms with Crippen molar-refractivity contribution >= 4 is 0 Å². The summed E-state index contributed by atoms with van der Waals surface area (Å²) in [5.74, 6) is 0.668. The molecule has 0 amide bonds. The highest BCUT2D eigenvalue weighted by atomic mass is 16.3. The Balaban J connectivity index is 2.08. The van der Waals surface area contributed by atoms with Gasteiger partial charge in [0.15, 0.2) is 0 Å². The maximum absolute atomic E-state index is 10.3. The summed E-state index contributed by atoms with van der Waals surface area (Å²) >= 11 is 0. The van der Waals surface area contributed by atoms with E-state index >= 15 is 0 Å². The minimum Gasteiger partial charge on any atom is -0.508 e. The molecule has 0 saturated heterocycles. The van der Waals surface area contributed by atoms with Gasteiger partial charge in [0.2, 0.25) is 0 Å². The average molecular weight is 375 g/mol. The molecule has 2 N–H and O–H groups in total. The van der Waals surface area contributed by atoms with E-state index in [-0.39, 0.29) is 10.8 Å². The molecule has 2 heteroatoms. The van der Waals surface area contributed by atoms with Crippen molar-refractivity contribution in [2.24, 2.45) is 0 Å². The maximum atomic E-state index is 10.3. The van der Waals surface area contributed by atoms with Gasteiger partial charge in [-0.3, -0.25) is 0 Å². The van der Waals surface area contributed by atoms with Gasteiger partial charge in [0.25, 0.3) is 0 Å². The Morgan fingerprint density at radius 3 is 1.21 bits per heavy atom. The van der Waals surface area contributed by atoms with Gasteiger partial charge in [-0.05, 0) is 74.5 Å². The second-order valence-electron chi connectivity index (χ2n) is 9.54. The van der Waals surface area contributed by atoms with Crippen molar-refractivity contribution in [3.63, 3.8) is 0 Å². The van der Waals surface area contributed by atoms with Crippen LogP contribution in [0.1, 0.15) is 52.7 Å². The Labute approximate surface area is 168 Å².